The van der Waals surface area contributed by atoms with E-state index in [9.17, 15) is 9.59 Å². The lowest BCUT2D eigenvalue weighted by molar-refractivity contribution is -0.121. The third-order valence-corrected chi connectivity index (χ3v) is 6.79. The summed E-state index contributed by atoms with van der Waals surface area (Å²) in [5.74, 6) is -0.0101. The highest BCUT2D eigenvalue weighted by Gasteiger charge is 2.26. The molecule has 1 unspecified atom stereocenters. The van der Waals surface area contributed by atoms with E-state index in [4.69, 9.17) is 4.98 Å². The van der Waals surface area contributed by atoms with Gasteiger partial charge in [-0.2, -0.15) is 0 Å². The van der Waals surface area contributed by atoms with Crippen LogP contribution in [0.2, 0.25) is 0 Å². The minimum atomic E-state index is -0.214. The molecule has 4 rings (SSSR count). The van der Waals surface area contributed by atoms with E-state index in [1.807, 2.05) is 25.1 Å². The molecule has 3 aromatic rings. The second-order valence-corrected chi connectivity index (χ2v) is 8.98. The number of piperazine rings is 1. The molecular formula is C25H28N4O2S. The normalized spacial score (nSPS) is 15.9. The summed E-state index contributed by atoms with van der Waals surface area (Å²) in [5.41, 5.74) is 3.61. The minimum absolute atomic E-state index is 0.0167. The number of benzene rings is 2. The van der Waals surface area contributed by atoms with Gasteiger partial charge in [-0.3, -0.25) is 19.4 Å². The third-order valence-electron chi connectivity index (χ3n) is 5.85. The van der Waals surface area contributed by atoms with Crippen LogP contribution in [0.4, 0.5) is 5.69 Å². The van der Waals surface area contributed by atoms with Crippen molar-refractivity contribution in [2.75, 3.05) is 31.5 Å². The van der Waals surface area contributed by atoms with Crippen LogP contribution in [-0.2, 0) is 11.3 Å². The summed E-state index contributed by atoms with van der Waals surface area (Å²) in [7, 11) is 0. The van der Waals surface area contributed by atoms with Crippen LogP contribution in [0.15, 0.2) is 60.0 Å². The Morgan fingerprint density at radius 3 is 2.38 bits per heavy atom. The molecule has 1 fully saturated rings. The number of thiazole rings is 1. The number of anilines is 1. The van der Waals surface area contributed by atoms with Gasteiger partial charge in [0.15, 0.2) is 5.78 Å². The van der Waals surface area contributed by atoms with E-state index in [-0.39, 0.29) is 17.7 Å². The van der Waals surface area contributed by atoms with Crippen molar-refractivity contribution in [1.29, 1.82) is 0 Å². The highest BCUT2D eigenvalue weighted by atomic mass is 32.1. The van der Waals surface area contributed by atoms with Crippen LogP contribution < -0.4 is 5.32 Å². The number of Topliss-reactive ketones (excluding diaryl/α,β-unsaturated/α-hetero) is 1. The third kappa shape index (κ3) is 5.48. The summed E-state index contributed by atoms with van der Waals surface area (Å²) >= 11 is 1.68. The Balaban J connectivity index is 1.26. The standard InChI is InChI=1S/C25H28N4O2S/c1-18(24(31)26-22-10-8-20(9-11-22)19(2)30)29-14-12-28(13-15-29)16-23-17-32-25(27-23)21-6-4-3-5-7-21/h3-11,17-18H,12-16H2,1-2H3,(H,26,31). The molecule has 1 N–H and O–H groups in total. The highest BCUT2D eigenvalue weighted by molar-refractivity contribution is 7.13. The number of ketones is 1. The number of amides is 1. The predicted octanol–water partition coefficient (Wildman–Crippen LogP) is 4.16. The predicted molar refractivity (Wildman–Crippen MR) is 129 cm³/mol. The molecular weight excluding hydrogens is 420 g/mol. The van der Waals surface area contributed by atoms with Crippen LogP contribution in [0.5, 0.6) is 0 Å². The number of nitrogens with zero attached hydrogens (tertiary/aromatic N) is 3. The van der Waals surface area contributed by atoms with Crippen molar-refractivity contribution >= 4 is 28.7 Å². The summed E-state index contributed by atoms with van der Waals surface area (Å²) in [6.45, 7) is 7.81. The lowest BCUT2D eigenvalue weighted by Crippen LogP contribution is -2.52. The van der Waals surface area contributed by atoms with E-state index in [0.29, 0.717) is 11.3 Å². The lowest BCUT2D eigenvalue weighted by atomic mass is 10.1. The molecule has 1 atom stereocenters. The lowest BCUT2D eigenvalue weighted by Gasteiger charge is -2.37. The van der Waals surface area contributed by atoms with E-state index < -0.39 is 0 Å². The van der Waals surface area contributed by atoms with Crippen LogP contribution in [0.25, 0.3) is 10.6 Å². The number of carbonyl (C=O) groups is 2. The van der Waals surface area contributed by atoms with Gasteiger partial charge in [0.1, 0.15) is 5.01 Å². The van der Waals surface area contributed by atoms with E-state index in [1.54, 1.807) is 35.6 Å². The van der Waals surface area contributed by atoms with Gasteiger partial charge < -0.3 is 5.32 Å². The van der Waals surface area contributed by atoms with Crippen LogP contribution >= 0.6 is 11.3 Å². The van der Waals surface area contributed by atoms with Crippen LogP contribution in [0.3, 0.4) is 0 Å². The first-order chi connectivity index (χ1) is 15.5. The van der Waals surface area contributed by atoms with Crippen molar-refractivity contribution in [2.45, 2.75) is 26.4 Å². The zero-order valence-electron chi connectivity index (χ0n) is 18.5. The maximum Gasteiger partial charge on any atom is 0.241 e. The van der Waals surface area contributed by atoms with Gasteiger partial charge in [0.05, 0.1) is 11.7 Å². The number of nitrogens with one attached hydrogen (secondary N) is 1. The second-order valence-electron chi connectivity index (χ2n) is 8.12. The Labute approximate surface area is 192 Å². The Bertz CT molecular complexity index is 1060. The SMILES string of the molecule is CC(=O)c1ccc(NC(=O)C(C)N2CCN(Cc3csc(-c4ccccc4)n3)CC2)cc1. The van der Waals surface area contributed by atoms with Crippen molar-refractivity contribution in [3.05, 3.63) is 71.2 Å². The largest absolute Gasteiger partial charge is 0.325 e. The molecule has 0 saturated carbocycles. The molecule has 0 radical (unpaired) electrons. The average molecular weight is 449 g/mol. The first-order valence-electron chi connectivity index (χ1n) is 10.9. The van der Waals surface area contributed by atoms with Crippen LogP contribution in [0.1, 0.15) is 29.9 Å². The van der Waals surface area contributed by atoms with Gasteiger partial charge in [-0.1, -0.05) is 30.3 Å². The smallest absolute Gasteiger partial charge is 0.241 e. The number of hydrogen-bond acceptors (Lipinski definition) is 6. The number of carbonyl (C=O) groups excluding carboxylic acids is 2. The summed E-state index contributed by atoms with van der Waals surface area (Å²) in [6.07, 6.45) is 0. The maximum absolute atomic E-state index is 12.7. The highest BCUT2D eigenvalue weighted by Crippen LogP contribution is 2.24. The molecule has 0 spiro atoms. The average Bonchev–Trinajstić information content (AvgIpc) is 3.28. The fourth-order valence-corrected chi connectivity index (χ4v) is 4.65. The molecule has 2 heterocycles. The maximum atomic E-state index is 12.7. The molecule has 1 saturated heterocycles. The van der Waals surface area contributed by atoms with Gasteiger partial charge in [0, 0.05) is 54.9 Å². The quantitative estimate of drug-likeness (QED) is 0.550. The van der Waals surface area contributed by atoms with Gasteiger partial charge in [-0.05, 0) is 38.1 Å². The molecule has 7 heteroatoms. The summed E-state index contributed by atoms with van der Waals surface area (Å²) in [4.78, 5) is 33.5. The molecule has 1 aromatic heterocycles. The zero-order chi connectivity index (χ0) is 22.5. The van der Waals surface area contributed by atoms with Gasteiger partial charge in [0.25, 0.3) is 0 Å². The van der Waals surface area contributed by atoms with Crippen molar-refractivity contribution in [3.63, 3.8) is 0 Å². The van der Waals surface area contributed by atoms with E-state index in [2.05, 4.69) is 32.6 Å². The number of hydrogen-bond donors (Lipinski definition) is 1. The van der Waals surface area contributed by atoms with Crippen molar-refractivity contribution in [1.82, 2.24) is 14.8 Å². The molecule has 32 heavy (non-hydrogen) atoms. The summed E-state index contributed by atoms with van der Waals surface area (Å²) < 4.78 is 0. The monoisotopic (exact) mass is 448 g/mol. The van der Waals surface area contributed by atoms with Gasteiger partial charge in [-0.15, -0.1) is 11.3 Å². The first kappa shape index (κ1) is 22.3. The van der Waals surface area contributed by atoms with Crippen LogP contribution in [-0.4, -0.2) is 58.7 Å². The molecule has 0 aliphatic carbocycles. The van der Waals surface area contributed by atoms with Gasteiger partial charge in [-0.25, -0.2) is 4.98 Å². The fraction of sp³-hybridized carbons (Fsp3) is 0.320. The van der Waals surface area contributed by atoms with Gasteiger partial charge in [0.2, 0.25) is 5.91 Å². The molecule has 1 amide bonds. The topological polar surface area (TPSA) is 65.5 Å². The van der Waals surface area contributed by atoms with Gasteiger partial charge >= 0.3 is 0 Å². The number of rotatable bonds is 7. The van der Waals surface area contributed by atoms with Crippen molar-refractivity contribution < 1.29 is 9.59 Å². The second kappa shape index (κ2) is 10.2. The molecule has 1 aliphatic heterocycles. The zero-order valence-corrected chi connectivity index (χ0v) is 19.3. The van der Waals surface area contributed by atoms with Crippen molar-refractivity contribution in [3.8, 4) is 10.6 Å². The Hall–Kier alpha value is -2.87. The minimum Gasteiger partial charge on any atom is -0.325 e. The molecule has 2 aromatic carbocycles. The molecule has 6 nitrogen and oxygen atoms in total. The first-order valence-corrected chi connectivity index (χ1v) is 11.8. The molecule has 0 bridgehead atoms. The number of aromatic nitrogens is 1. The summed E-state index contributed by atoms with van der Waals surface area (Å²) in [5, 5.41) is 6.16. The van der Waals surface area contributed by atoms with Crippen LogP contribution in [0, 0.1) is 0 Å². The Kier molecular flexibility index (Phi) is 7.09. The van der Waals surface area contributed by atoms with E-state index in [1.165, 1.54) is 6.92 Å². The fourth-order valence-electron chi connectivity index (χ4n) is 3.83. The van der Waals surface area contributed by atoms with E-state index in [0.717, 1.165) is 49.0 Å². The summed E-state index contributed by atoms with van der Waals surface area (Å²) in [6, 6.07) is 17.1. The Morgan fingerprint density at radius 2 is 1.72 bits per heavy atom. The van der Waals surface area contributed by atoms with E-state index >= 15 is 0 Å². The van der Waals surface area contributed by atoms with Crippen molar-refractivity contribution in [2.24, 2.45) is 0 Å². The molecule has 166 valence electrons. The Morgan fingerprint density at radius 1 is 1.03 bits per heavy atom. The molecule has 1 aliphatic rings.